The van der Waals surface area contributed by atoms with Crippen LogP contribution in [0.15, 0.2) is 59.1 Å². The van der Waals surface area contributed by atoms with E-state index in [-0.39, 0.29) is 27.9 Å². The average Bonchev–Trinajstić information content (AvgIpc) is 3.74. The third kappa shape index (κ3) is 4.63. The minimum atomic E-state index is -4.69. The number of hydrogen-bond donors (Lipinski definition) is 1. The van der Waals surface area contributed by atoms with Crippen molar-refractivity contribution in [2.75, 3.05) is 6.26 Å². The van der Waals surface area contributed by atoms with Crippen LogP contribution in [-0.2, 0) is 20.8 Å². The van der Waals surface area contributed by atoms with Crippen molar-refractivity contribution in [2.45, 2.75) is 42.4 Å². The fourth-order valence-corrected chi connectivity index (χ4v) is 5.36. The number of nitrogens with zero attached hydrogens (tertiary/aromatic N) is 1. The normalized spacial score (nSPS) is 22.0. The second-order valence-electron chi connectivity index (χ2n) is 9.48. The molecule has 2 amide bonds. The van der Waals surface area contributed by atoms with Crippen molar-refractivity contribution in [3.05, 3.63) is 76.7 Å². The monoisotopic (exact) mass is 522 g/mol. The standard InChI is InChI=1S/C25H22F4N2O4S/c1-36(34,35)17-4-2-3-14(9-17)24(33)31-20-10-15(20)11-21(31)23(32)30-22(13-5-6-13)18-8-7-16(12-19(18)26)25(27,28)29/h2-4,7-10,12-13,15,21-22H,5-6,11H2,1H3,(H,30,32)/t15-,21+,22+/m0/s1. The van der Waals surface area contributed by atoms with Gasteiger partial charge in [-0.3, -0.25) is 14.5 Å². The van der Waals surface area contributed by atoms with E-state index in [1.165, 1.54) is 29.2 Å². The molecule has 0 unspecified atom stereocenters. The number of likely N-dealkylation sites (tertiary alicyclic amines) is 1. The number of halogens is 4. The minimum Gasteiger partial charge on any atom is -0.347 e. The third-order valence-corrected chi connectivity index (χ3v) is 7.90. The Kier molecular flexibility index (Phi) is 5.73. The van der Waals surface area contributed by atoms with E-state index in [9.17, 15) is 35.6 Å². The lowest BCUT2D eigenvalue weighted by Gasteiger charge is -2.27. The van der Waals surface area contributed by atoms with E-state index in [0.717, 1.165) is 18.4 Å². The van der Waals surface area contributed by atoms with E-state index >= 15 is 0 Å². The molecule has 1 N–H and O–H groups in total. The number of rotatable bonds is 6. The van der Waals surface area contributed by atoms with Gasteiger partial charge in [0.05, 0.1) is 16.5 Å². The number of allylic oxidation sites excluding steroid dienone is 2. The Morgan fingerprint density at radius 2 is 1.83 bits per heavy atom. The van der Waals surface area contributed by atoms with Crippen LogP contribution >= 0.6 is 0 Å². The van der Waals surface area contributed by atoms with Crippen molar-refractivity contribution in [2.24, 2.45) is 11.8 Å². The van der Waals surface area contributed by atoms with E-state index in [4.69, 9.17) is 0 Å². The van der Waals surface area contributed by atoms with Gasteiger partial charge in [-0.05, 0) is 55.5 Å². The number of amides is 2. The second kappa shape index (κ2) is 8.43. The SMILES string of the molecule is CS(=O)(=O)c1cccc(C(=O)N2C3=C[C@H]3C[C@@H]2C(=O)N[C@@H](c2ccc(C(F)(F)F)cc2F)C2CC2)c1. The summed E-state index contributed by atoms with van der Waals surface area (Å²) in [5.41, 5.74) is -0.370. The highest BCUT2D eigenvalue weighted by atomic mass is 32.2. The van der Waals surface area contributed by atoms with Crippen molar-refractivity contribution in [3.63, 3.8) is 0 Å². The van der Waals surface area contributed by atoms with Gasteiger partial charge in [-0.25, -0.2) is 12.8 Å². The average molecular weight is 523 g/mol. The highest BCUT2D eigenvalue weighted by Crippen LogP contribution is 2.47. The number of benzene rings is 2. The number of sulfone groups is 1. The summed E-state index contributed by atoms with van der Waals surface area (Å²) in [6, 6.07) is 6.09. The van der Waals surface area contributed by atoms with E-state index in [1.807, 2.05) is 6.08 Å². The zero-order valence-corrected chi connectivity index (χ0v) is 19.9. The molecule has 2 aromatic rings. The molecular weight excluding hydrogens is 500 g/mol. The highest BCUT2D eigenvalue weighted by Gasteiger charge is 2.50. The number of carbonyl (C=O) groups excluding carboxylic acids is 2. The van der Waals surface area contributed by atoms with E-state index < -0.39 is 51.3 Å². The van der Waals surface area contributed by atoms with Crippen LogP contribution in [0.1, 0.15) is 46.8 Å². The summed E-state index contributed by atoms with van der Waals surface area (Å²) in [4.78, 5) is 27.9. The van der Waals surface area contributed by atoms with Gasteiger partial charge in [0.15, 0.2) is 9.84 Å². The van der Waals surface area contributed by atoms with Crippen LogP contribution in [0.5, 0.6) is 0 Å². The number of nitrogens with one attached hydrogen (secondary N) is 1. The molecule has 36 heavy (non-hydrogen) atoms. The zero-order valence-electron chi connectivity index (χ0n) is 19.0. The molecular formula is C25H22F4N2O4S. The van der Waals surface area contributed by atoms with Crippen LogP contribution in [-0.4, -0.2) is 37.4 Å². The van der Waals surface area contributed by atoms with Crippen molar-refractivity contribution in [1.29, 1.82) is 0 Å². The predicted molar refractivity (Wildman–Crippen MR) is 121 cm³/mol. The molecule has 6 nitrogen and oxygen atoms in total. The minimum absolute atomic E-state index is 0.0264. The molecule has 190 valence electrons. The number of hydrogen-bond acceptors (Lipinski definition) is 4. The molecule has 1 saturated carbocycles. The maximum atomic E-state index is 14.7. The van der Waals surface area contributed by atoms with Crippen molar-refractivity contribution < 1.29 is 35.6 Å². The lowest BCUT2D eigenvalue weighted by Crippen LogP contribution is -2.46. The molecule has 2 aromatic carbocycles. The topological polar surface area (TPSA) is 83.6 Å². The molecule has 0 bridgehead atoms. The van der Waals surface area contributed by atoms with Gasteiger partial charge in [0.1, 0.15) is 11.9 Å². The molecule has 0 aromatic heterocycles. The van der Waals surface area contributed by atoms with Gasteiger partial charge < -0.3 is 5.32 Å². The largest absolute Gasteiger partial charge is 0.416 e. The van der Waals surface area contributed by atoms with Gasteiger partial charge >= 0.3 is 6.18 Å². The molecule has 0 radical (unpaired) electrons. The summed E-state index contributed by atoms with van der Waals surface area (Å²) in [5, 5.41) is 2.77. The van der Waals surface area contributed by atoms with Gasteiger partial charge in [-0.15, -0.1) is 0 Å². The van der Waals surface area contributed by atoms with Crippen LogP contribution in [0.4, 0.5) is 17.6 Å². The van der Waals surface area contributed by atoms with Gasteiger partial charge in [0.2, 0.25) is 5.91 Å². The molecule has 1 aliphatic heterocycles. The molecule has 3 aliphatic rings. The fourth-order valence-electron chi connectivity index (χ4n) is 4.70. The lowest BCUT2D eigenvalue weighted by atomic mass is 9.99. The lowest BCUT2D eigenvalue weighted by molar-refractivity contribution is -0.137. The number of fused-ring (bicyclic) bond motifs is 1. The quantitative estimate of drug-likeness (QED) is 0.576. The highest BCUT2D eigenvalue weighted by molar-refractivity contribution is 7.90. The molecule has 1 heterocycles. The van der Waals surface area contributed by atoms with E-state index in [1.54, 1.807) is 0 Å². The van der Waals surface area contributed by atoms with E-state index in [0.29, 0.717) is 31.0 Å². The molecule has 11 heteroatoms. The summed E-state index contributed by atoms with van der Waals surface area (Å²) in [6.45, 7) is 0. The summed E-state index contributed by atoms with van der Waals surface area (Å²) in [5.74, 6) is -2.30. The van der Waals surface area contributed by atoms with Gasteiger partial charge in [-0.2, -0.15) is 13.2 Å². The summed E-state index contributed by atoms with van der Waals surface area (Å²) in [6.07, 6.45) is -0.136. The summed E-state index contributed by atoms with van der Waals surface area (Å²) < 4.78 is 77.4. The number of carbonyl (C=O) groups is 2. The van der Waals surface area contributed by atoms with Gasteiger partial charge in [0, 0.05) is 29.0 Å². The molecule has 0 spiro atoms. The van der Waals surface area contributed by atoms with Crippen LogP contribution in [0, 0.1) is 17.7 Å². The van der Waals surface area contributed by atoms with Crippen LogP contribution in [0.25, 0.3) is 0 Å². The zero-order chi connectivity index (χ0) is 26.0. The Labute approximate surface area is 204 Å². The molecule has 2 aliphatic carbocycles. The summed E-state index contributed by atoms with van der Waals surface area (Å²) >= 11 is 0. The van der Waals surface area contributed by atoms with Crippen molar-refractivity contribution in [1.82, 2.24) is 10.2 Å². The summed E-state index contributed by atoms with van der Waals surface area (Å²) in [7, 11) is -3.55. The van der Waals surface area contributed by atoms with Crippen molar-refractivity contribution in [3.8, 4) is 0 Å². The van der Waals surface area contributed by atoms with Gasteiger partial charge in [-0.1, -0.05) is 18.2 Å². The Balaban J connectivity index is 1.38. The Morgan fingerprint density at radius 3 is 2.44 bits per heavy atom. The first-order chi connectivity index (χ1) is 16.8. The fraction of sp³-hybridized carbons (Fsp3) is 0.360. The molecule has 3 atom stereocenters. The van der Waals surface area contributed by atoms with Crippen LogP contribution in [0.2, 0.25) is 0 Å². The maximum absolute atomic E-state index is 14.7. The number of alkyl halides is 3. The van der Waals surface area contributed by atoms with Crippen LogP contribution in [0.3, 0.4) is 0 Å². The smallest absolute Gasteiger partial charge is 0.347 e. The van der Waals surface area contributed by atoms with E-state index in [2.05, 4.69) is 5.32 Å². The van der Waals surface area contributed by atoms with Crippen LogP contribution < -0.4 is 5.32 Å². The Bertz CT molecular complexity index is 1400. The molecule has 2 fully saturated rings. The second-order valence-corrected chi connectivity index (χ2v) is 11.5. The predicted octanol–water partition coefficient (Wildman–Crippen LogP) is 4.24. The van der Waals surface area contributed by atoms with Crippen molar-refractivity contribution >= 4 is 21.7 Å². The first-order valence-corrected chi connectivity index (χ1v) is 13.3. The third-order valence-electron chi connectivity index (χ3n) is 6.79. The first-order valence-electron chi connectivity index (χ1n) is 11.4. The molecule has 1 saturated heterocycles. The maximum Gasteiger partial charge on any atom is 0.416 e. The Morgan fingerprint density at radius 1 is 1.11 bits per heavy atom. The Hall–Kier alpha value is -3.21. The van der Waals surface area contributed by atoms with Gasteiger partial charge in [0.25, 0.3) is 5.91 Å². The molecule has 5 rings (SSSR count). The first kappa shape index (κ1) is 24.5.